The Morgan fingerprint density at radius 3 is 2.24 bits per heavy atom. The molecule has 0 atom stereocenters. The van der Waals surface area contributed by atoms with Gasteiger partial charge in [-0.25, -0.2) is 9.59 Å². The Kier molecular flexibility index (Phi) is 7.34. The minimum atomic E-state index is -0.833. The predicted molar refractivity (Wildman–Crippen MR) is 95.7 cm³/mol. The second-order valence-electron chi connectivity index (χ2n) is 4.43. The van der Waals surface area contributed by atoms with Gasteiger partial charge in [0.2, 0.25) is 0 Å². The molecule has 0 unspecified atom stereocenters. The van der Waals surface area contributed by atoms with E-state index < -0.39 is 12.1 Å². The van der Waals surface area contributed by atoms with Crippen LogP contribution in [0.25, 0.3) is 0 Å². The van der Waals surface area contributed by atoms with Gasteiger partial charge in [-0.2, -0.15) is 5.26 Å². The number of nitrogens with two attached hydrogens (primary N) is 2. The number of primary amides is 2. The number of phenols is 1. The largest absolute Gasteiger partial charge is 0.506 e. The Balaban J connectivity index is 0.000000705. The molecule has 25 heavy (non-hydrogen) atoms. The molecule has 0 aromatic heterocycles. The van der Waals surface area contributed by atoms with Crippen molar-refractivity contribution in [2.24, 2.45) is 11.5 Å². The molecule has 0 saturated carbocycles. The monoisotopic (exact) mass is 381 g/mol. The first-order chi connectivity index (χ1) is 11.7. The Hall–Kier alpha value is -3.15. The lowest BCUT2D eigenvalue weighted by Crippen LogP contribution is -2.19. The summed E-state index contributed by atoms with van der Waals surface area (Å²) in [5, 5.41) is 23.9. The van der Waals surface area contributed by atoms with Crippen molar-refractivity contribution < 1.29 is 14.7 Å². The first-order valence-corrected chi connectivity index (χ1v) is 7.30. The summed E-state index contributed by atoms with van der Waals surface area (Å²) in [7, 11) is 0. The highest BCUT2D eigenvalue weighted by Crippen LogP contribution is 2.30. The zero-order valence-corrected chi connectivity index (χ0v) is 14.1. The molecule has 0 bridgehead atoms. The molecule has 7 N–H and O–H groups in total. The first kappa shape index (κ1) is 19.9. The third-order valence-electron chi connectivity index (χ3n) is 2.57. The lowest BCUT2D eigenvalue weighted by atomic mass is 10.2. The van der Waals surface area contributed by atoms with Crippen LogP contribution >= 0.6 is 23.2 Å². The topological polar surface area (TPSA) is 154 Å². The summed E-state index contributed by atoms with van der Waals surface area (Å²) in [6, 6.07) is 9.43. The zero-order valence-electron chi connectivity index (χ0n) is 12.6. The molecular weight excluding hydrogens is 369 g/mol. The molecular formula is C15H13Cl2N5O3. The molecule has 2 aromatic rings. The van der Waals surface area contributed by atoms with Crippen molar-refractivity contribution in [3.8, 4) is 11.8 Å². The van der Waals surface area contributed by atoms with Crippen LogP contribution in [0.2, 0.25) is 10.0 Å². The van der Waals surface area contributed by atoms with E-state index in [1.807, 2.05) is 6.07 Å². The van der Waals surface area contributed by atoms with Crippen LogP contribution in [-0.2, 0) is 0 Å². The number of halogens is 2. The Bertz CT molecular complexity index is 832. The van der Waals surface area contributed by atoms with Crippen molar-refractivity contribution in [3.63, 3.8) is 0 Å². The van der Waals surface area contributed by atoms with Gasteiger partial charge in [-0.15, -0.1) is 0 Å². The Morgan fingerprint density at radius 1 is 1.08 bits per heavy atom. The van der Waals surface area contributed by atoms with Crippen LogP contribution in [0.5, 0.6) is 5.75 Å². The highest BCUT2D eigenvalue weighted by Gasteiger charge is 2.10. The van der Waals surface area contributed by atoms with Gasteiger partial charge in [0.05, 0.1) is 33.1 Å². The quantitative estimate of drug-likeness (QED) is 0.506. The number of amides is 4. The lowest BCUT2D eigenvalue weighted by molar-refractivity contribution is 0.256. The van der Waals surface area contributed by atoms with Gasteiger partial charge in [-0.3, -0.25) is 0 Å². The molecule has 8 nitrogen and oxygen atoms in total. The Labute approximate surface area is 152 Å². The number of phenolic OH excluding ortho intramolecular Hbond substituents is 1. The molecule has 2 aromatic carbocycles. The molecule has 0 aliphatic rings. The van der Waals surface area contributed by atoms with E-state index in [2.05, 4.69) is 22.1 Å². The molecule has 0 heterocycles. The number of rotatable bonds is 2. The van der Waals surface area contributed by atoms with Crippen molar-refractivity contribution in [1.29, 1.82) is 5.26 Å². The summed E-state index contributed by atoms with van der Waals surface area (Å²) in [4.78, 5) is 20.9. The molecule has 0 radical (unpaired) electrons. The SMILES string of the molecule is N#Cc1ccc(NC(=O)Nc2cccc(Cl)c2Cl)c(O)c1.NC(N)=O. The summed E-state index contributed by atoms with van der Waals surface area (Å²) in [5.41, 5.74) is 9.30. The fourth-order valence-electron chi connectivity index (χ4n) is 1.58. The number of hydrogen-bond donors (Lipinski definition) is 5. The maximum absolute atomic E-state index is 11.9. The minimum Gasteiger partial charge on any atom is -0.506 e. The van der Waals surface area contributed by atoms with Gasteiger partial charge in [0, 0.05) is 0 Å². The van der Waals surface area contributed by atoms with Crippen LogP contribution < -0.4 is 22.1 Å². The molecule has 130 valence electrons. The van der Waals surface area contributed by atoms with E-state index in [-0.39, 0.29) is 22.0 Å². The molecule has 0 saturated heterocycles. The van der Waals surface area contributed by atoms with Crippen molar-refractivity contribution >= 4 is 46.6 Å². The number of carbonyl (C=O) groups excluding carboxylic acids is 2. The third-order valence-corrected chi connectivity index (χ3v) is 3.39. The number of nitrogens with one attached hydrogen (secondary N) is 2. The molecule has 10 heteroatoms. The van der Waals surface area contributed by atoms with Gasteiger partial charge in [0.1, 0.15) is 5.75 Å². The van der Waals surface area contributed by atoms with Crippen LogP contribution in [-0.4, -0.2) is 17.2 Å². The molecule has 0 fully saturated rings. The standard InChI is InChI=1S/C14H9Cl2N3O2.CH4N2O/c15-9-2-1-3-11(13(9)16)19-14(21)18-10-5-4-8(7-17)6-12(10)20;2-1(3)4/h1-6,20H,(H2,18,19,21);(H4,2,3,4). The van der Waals surface area contributed by atoms with Crippen molar-refractivity contribution in [2.75, 3.05) is 10.6 Å². The van der Waals surface area contributed by atoms with Gasteiger partial charge in [0.15, 0.2) is 0 Å². The predicted octanol–water partition coefficient (Wildman–Crippen LogP) is 3.24. The number of nitrogens with zero attached hydrogens (tertiary/aromatic N) is 1. The minimum absolute atomic E-state index is 0.171. The molecule has 0 spiro atoms. The van der Waals surface area contributed by atoms with E-state index >= 15 is 0 Å². The van der Waals surface area contributed by atoms with Gasteiger partial charge in [-0.05, 0) is 30.3 Å². The normalized spacial score (nSPS) is 9.16. The van der Waals surface area contributed by atoms with E-state index in [9.17, 15) is 9.90 Å². The summed E-state index contributed by atoms with van der Waals surface area (Å²) in [6.45, 7) is 0. The maximum atomic E-state index is 11.9. The second kappa shape index (κ2) is 9.22. The summed E-state index contributed by atoms with van der Waals surface area (Å²) < 4.78 is 0. The number of aromatic hydroxyl groups is 1. The summed E-state index contributed by atoms with van der Waals surface area (Å²) in [5.74, 6) is -0.207. The van der Waals surface area contributed by atoms with Crippen LogP contribution in [0, 0.1) is 11.3 Å². The number of hydrogen-bond acceptors (Lipinski definition) is 4. The average molecular weight is 382 g/mol. The highest BCUT2D eigenvalue weighted by molar-refractivity contribution is 6.44. The van der Waals surface area contributed by atoms with Crippen molar-refractivity contribution in [1.82, 2.24) is 0 Å². The van der Waals surface area contributed by atoms with E-state index in [1.165, 1.54) is 18.2 Å². The highest BCUT2D eigenvalue weighted by atomic mass is 35.5. The lowest BCUT2D eigenvalue weighted by Gasteiger charge is -2.10. The van der Waals surface area contributed by atoms with E-state index in [0.717, 1.165) is 0 Å². The molecule has 4 amide bonds. The van der Waals surface area contributed by atoms with Gasteiger partial charge in [-0.1, -0.05) is 29.3 Å². The smallest absolute Gasteiger partial charge is 0.323 e. The van der Waals surface area contributed by atoms with E-state index in [0.29, 0.717) is 10.7 Å². The fourth-order valence-corrected chi connectivity index (χ4v) is 1.93. The first-order valence-electron chi connectivity index (χ1n) is 6.54. The van der Waals surface area contributed by atoms with E-state index in [4.69, 9.17) is 33.3 Å². The van der Waals surface area contributed by atoms with Crippen LogP contribution in [0.4, 0.5) is 21.0 Å². The van der Waals surface area contributed by atoms with Crippen LogP contribution in [0.15, 0.2) is 36.4 Å². The average Bonchev–Trinajstić information content (AvgIpc) is 2.53. The van der Waals surface area contributed by atoms with Crippen LogP contribution in [0.1, 0.15) is 5.56 Å². The van der Waals surface area contributed by atoms with Gasteiger partial charge in [0.25, 0.3) is 0 Å². The summed E-state index contributed by atoms with van der Waals surface area (Å²) >= 11 is 11.8. The van der Waals surface area contributed by atoms with Gasteiger partial charge >= 0.3 is 12.1 Å². The zero-order chi connectivity index (χ0) is 19.0. The molecule has 0 aliphatic carbocycles. The number of anilines is 2. The second-order valence-corrected chi connectivity index (χ2v) is 5.21. The van der Waals surface area contributed by atoms with Crippen molar-refractivity contribution in [2.45, 2.75) is 0 Å². The van der Waals surface area contributed by atoms with Crippen molar-refractivity contribution in [3.05, 3.63) is 52.0 Å². The maximum Gasteiger partial charge on any atom is 0.323 e. The van der Waals surface area contributed by atoms with E-state index in [1.54, 1.807) is 18.2 Å². The number of urea groups is 2. The fraction of sp³-hybridized carbons (Fsp3) is 0. The van der Waals surface area contributed by atoms with Gasteiger partial charge < -0.3 is 27.2 Å². The summed E-state index contributed by atoms with van der Waals surface area (Å²) in [6.07, 6.45) is 0. The molecule has 2 rings (SSSR count). The Morgan fingerprint density at radius 2 is 1.68 bits per heavy atom. The number of carbonyl (C=O) groups is 2. The third kappa shape index (κ3) is 6.47. The molecule has 0 aliphatic heterocycles. The number of benzene rings is 2. The number of nitriles is 1. The van der Waals surface area contributed by atoms with Crippen LogP contribution in [0.3, 0.4) is 0 Å².